The molecule has 1 aliphatic carbocycles. The maximum Gasteiger partial charge on any atom is 0.00982 e. The van der Waals surface area contributed by atoms with Crippen LogP contribution in [0.4, 0.5) is 0 Å². The van der Waals surface area contributed by atoms with Gasteiger partial charge in [-0.1, -0.05) is 0 Å². The molecule has 0 aromatic carbocycles. The first-order valence-corrected chi connectivity index (χ1v) is 5.17. The third-order valence-electron chi connectivity index (χ3n) is 4.12. The molecule has 0 N–H and O–H groups in total. The van der Waals surface area contributed by atoms with Crippen LogP contribution in [-0.4, -0.2) is 24.0 Å². The van der Waals surface area contributed by atoms with E-state index in [1.807, 2.05) is 0 Å². The lowest BCUT2D eigenvalue weighted by molar-refractivity contribution is 0.0640. The second kappa shape index (κ2) is 2.22. The van der Waals surface area contributed by atoms with Crippen LogP contribution in [0.1, 0.15) is 32.1 Å². The van der Waals surface area contributed by atoms with Crippen molar-refractivity contribution in [3.8, 4) is 0 Å². The first-order valence-electron chi connectivity index (χ1n) is 5.17. The lowest BCUT2D eigenvalue weighted by atomic mass is 9.81. The van der Waals surface area contributed by atoms with Crippen LogP contribution >= 0.6 is 0 Å². The lowest BCUT2D eigenvalue weighted by Crippen LogP contribution is -2.46. The number of piperidine rings is 2. The fraction of sp³-hybridized carbons (Fsp3) is 1.00. The van der Waals surface area contributed by atoms with Gasteiger partial charge in [-0.25, -0.2) is 0 Å². The molecule has 1 heteroatoms. The largest absolute Gasteiger partial charge is 0.300 e. The molecule has 4 atom stereocenters. The molecular formula is C10H17N. The van der Waals surface area contributed by atoms with Crippen LogP contribution in [0.15, 0.2) is 0 Å². The molecule has 0 aromatic rings. The van der Waals surface area contributed by atoms with E-state index in [2.05, 4.69) is 4.90 Å². The van der Waals surface area contributed by atoms with Crippen molar-refractivity contribution >= 4 is 0 Å². The Kier molecular flexibility index (Phi) is 1.31. The highest BCUT2D eigenvalue weighted by atomic mass is 15.2. The van der Waals surface area contributed by atoms with E-state index >= 15 is 0 Å². The van der Waals surface area contributed by atoms with Gasteiger partial charge >= 0.3 is 0 Å². The Labute approximate surface area is 68.8 Å². The van der Waals surface area contributed by atoms with Crippen LogP contribution in [-0.2, 0) is 0 Å². The molecule has 1 saturated carbocycles. The van der Waals surface area contributed by atoms with Crippen molar-refractivity contribution in [3.05, 3.63) is 0 Å². The van der Waals surface area contributed by atoms with Crippen molar-refractivity contribution in [2.24, 2.45) is 11.8 Å². The summed E-state index contributed by atoms with van der Waals surface area (Å²) >= 11 is 0. The molecular weight excluding hydrogens is 134 g/mol. The number of rotatable bonds is 0. The van der Waals surface area contributed by atoms with E-state index in [1.54, 1.807) is 12.8 Å². The van der Waals surface area contributed by atoms with Crippen molar-refractivity contribution < 1.29 is 0 Å². The molecule has 4 bridgehead atoms. The van der Waals surface area contributed by atoms with Crippen LogP contribution < -0.4 is 0 Å². The van der Waals surface area contributed by atoms with Crippen molar-refractivity contribution in [2.75, 3.05) is 13.1 Å². The first kappa shape index (κ1) is 6.47. The Balaban J connectivity index is 1.88. The molecule has 3 fully saturated rings. The molecule has 2 heterocycles. The summed E-state index contributed by atoms with van der Waals surface area (Å²) in [7, 11) is 0. The van der Waals surface area contributed by atoms with Gasteiger partial charge in [-0.05, 0) is 50.5 Å². The standard InChI is InChI=1S/C10H17N/c1-2-9-7-11(5-1)10-4-3-8(9)6-10/h8-10H,1-7H2. The maximum atomic E-state index is 2.76. The average Bonchev–Trinajstić information content (AvgIpc) is 2.48. The van der Waals surface area contributed by atoms with Crippen LogP contribution in [0.3, 0.4) is 0 Å². The Bertz CT molecular complexity index is 150. The highest BCUT2D eigenvalue weighted by Crippen LogP contribution is 2.43. The van der Waals surface area contributed by atoms with Crippen LogP contribution in [0.5, 0.6) is 0 Å². The van der Waals surface area contributed by atoms with Gasteiger partial charge in [-0.3, -0.25) is 0 Å². The number of hydrogen-bond acceptors (Lipinski definition) is 1. The van der Waals surface area contributed by atoms with Crippen molar-refractivity contribution in [2.45, 2.75) is 38.1 Å². The minimum atomic E-state index is 1.01. The second-order valence-electron chi connectivity index (χ2n) is 4.62. The minimum Gasteiger partial charge on any atom is -0.300 e. The van der Waals surface area contributed by atoms with E-state index in [9.17, 15) is 0 Å². The van der Waals surface area contributed by atoms with Gasteiger partial charge in [0.25, 0.3) is 0 Å². The van der Waals surface area contributed by atoms with Crippen molar-refractivity contribution in [3.63, 3.8) is 0 Å². The van der Waals surface area contributed by atoms with E-state index in [0.29, 0.717) is 0 Å². The summed E-state index contributed by atoms with van der Waals surface area (Å²) < 4.78 is 0. The molecule has 2 saturated heterocycles. The van der Waals surface area contributed by atoms with E-state index < -0.39 is 0 Å². The van der Waals surface area contributed by atoms with Gasteiger partial charge in [0.2, 0.25) is 0 Å². The third-order valence-corrected chi connectivity index (χ3v) is 4.12. The molecule has 3 rings (SSSR count). The van der Waals surface area contributed by atoms with Crippen molar-refractivity contribution in [1.82, 2.24) is 4.90 Å². The summed E-state index contributed by atoms with van der Waals surface area (Å²) in [6.45, 7) is 2.86. The third kappa shape index (κ3) is 0.868. The van der Waals surface area contributed by atoms with E-state index in [4.69, 9.17) is 0 Å². The number of nitrogens with zero attached hydrogens (tertiary/aromatic N) is 1. The minimum absolute atomic E-state index is 1.01. The van der Waals surface area contributed by atoms with E-state index in [0.717, 1.165) is 17.9 Å². The fourth-order valence-electron chi connectivity index (χ4n) is 3.51. The van der Waals surface area contributed by atoms with E-state index in [-0.39, 0.29) is 0 Å². The zero-order valence-electron chi connectivity index (χ0n) is 7.13. The Hall–Kier alpha value is -0.0400. The predicted molar refractivity (Wildman–Crippen MR) is 45.4 cm³/mol. The van der Waals surface area contributed by atoms with Crippen LogP contribution in [0, 0.1) is 11.8 Å². The smallest absolute Gasteiger partial charge is 0.00982 e. The Morgan fingerprint density at radius 2 is 2.00 bits per heavy atom. The number of hydrogen-bond donors (Lipinski definition) is 0. The second-order valence-corrected chi connectivity index (χ2v) is 4.62. The molecule has 0 aromatic heterocycles. The SMILES string of the molecule is C1CC2CN(C1)C1CCC2C1. The monoisotopic (exact) mass is 151 g/mol. The summed E-state index contributed by atoms with van der Waals surface area (Å²) in [6, 6.07) is 1.01. The van der Waals surface area contributed by atoms with Gasteiger partial charge in [-0.2, -0.15) is 0 Å². The van der Waals surface area contributed by atoms with Crippen molar-refractivity contribution in [1.29, 1.82) is 0 Å². The Morgan fingerprint density at radius 1 is 1.00 bits per heavy atom. The summed E-state index contributed by atoms with van der Waals surface area (Å²) in [5, 5.41) is 0. The summed E-state index contributed by atoms with van der Waals surface area (Å²) in [5.41, 5.74) is 0. The fourth-order valence-corrected chi connectivity index (χ4v) is 3.51. The van der Waals surface area contributed by atoms with E-state index in [1.165, 1.54) is 32.4 Å². The molecule has 0 spiro atoms. The topological polar surface area (TPSA) is 3.24 Å². The molecule has 0 radical (unpaired) electrons. The zero-order valence-corrected chi connectivity index (χ0v) is 7.13. The average molecular weight is 151 g/mol. The van der Waals surface area contributed by atoms with Gasteiger partial charge in [0.05, 0.1) is 0 Å². The van der Waals surface area contributed by atoms with Gasteiger partial charge in [0, 0.05) is 12.6 Å². The van der Waals surface area contributed by atoms with Crippen LogP contribution in [0.25, 0.3) is 0 Å². The zero-order chi connectivity index (χ0) is 7.26. The Morgan fingerprint density at radius 3 is 3.00 bits per heavy atom. The lowest BCUT2D eigenvalue weighted by Gasteiger charge is -2.42. The predicted octanol–water partition coefficient (Wildman–Crippen LogP) is 1.88. The highest BCUT2D eigenvalue weighted by molar-refractivity contribution is 4.95. The molecule has 62 valence electrons. The quantitative estimate of drug-likeness (QED) is 0.511. The van der Waals surface area contributed by atoms with Gasteiger partial charge < -0.3 is 4.90 Å². The van der Waals surface area contributed by atoms with Gasteiger partial charge in [0.1, 0.15) is 0 Å². The molecule has 1 nitrogen and oxygen atoms in total. The van der Waals surface area contributed by atoms with Gasteiger partial charge in [0.15, 0.2) is 0 Å². The molecule has 3 aliphatic rings. The first-order chi connectivity index (χ1) is 5.43. The normalized spacial score (nSPS) is 54.5. The summed E-state index contributed by atoms with van der Waals surface area (Å²) in [4.78, 5) is 2.76. The molecule has 4 unspecified atom stereocenters. The molecule has 0 amide bonds. The maximum absolute atomic E-state index is 2.76. The highest BCUT2D eigenvalue weighted by Gasteiger charge is 2.41. The molecule has 11 heavy (non-hydrogen) atoms. The molecule has 2 aliphatic heterocycles. The number of fused-ring (bicyclic) bond motifs is 6. The summed E-state index contributed by atoms with van der Waals surface area (Å²) in [6.07, 6.45) is 7.63. The van der Waals surface area contributed by atoms with Gasteiger partial charge in [-0.15, -0.1) is 0 Å². The summed E-state index contributed by atoms with van der Waals surface area (Å²) in [5.74, 6) is 2.24. The van der Waals surface area contributed by atoms with Crippen LogP contribution in [0.2, 0.25) is 0 Å².